The van der Waals surface area contributed by atoms with Gasteiger partial charge in [0, 0.05) is 26.2 Å². The van der Waals surface area contributed by atoms with Crippen molar-refractivity contribution in [3.05, 3.63) is 11.6 Å². The topological polar surface area (TPSA) is 88.4 Å². The Labute approximate surface area is 123 Å². The highest BCUT2D eigenvalue weighted by molar-refractivity contribution is 7.91. The van der Waals surface area contributed by atoms with Crippen LogP contribution in [0.2, 0.25) is 0 Å². The predicted octanol–water partition coefficient (Wildman–Crippen LogP) is -0.398. The molecule has 2 saturated heterocycles. The van der Waals surface area contributed by atoms with E-state index >= 15 is 0 Å². The van der Waals surface area contributed by atoms with Crippen molar-refractivity contribution < 1.29 is 13.2 Å². The molecule has 0 bridgehead atoms. The molecule has 1 aromatic rings. The summed E-state index contributed by atoms with van der Waals surface area (Å²) < 4.78 is 24.6. The lowest BCUT2D eigenvalue weighted by Gasteiger charge is -2.42. The lowest BCUT2D eigenvalue weighted by molar-refractivity contribution is 0.0903. The van der Waals surface area contributed by atoms with Gasteiger partial charge in [-0.25, -0.2) is 22.9 Å². The van der Waals surface area contributed by atoms with Crippen molar-refractivity contribution in [3.63, 3.8) is 0 Å². The maximum atomic E-state index is 12.3. The Morgan fingerprint density at radius 1 is 1.14 bits per heavy atom. The molecule has 2 amide bonds. The summed E-state index contributed by atoms with van der Waals surface area (Å²) in [6.07, 6.45) is 0. The van der Waals surface area contributed by atoms with Crippen LogP contribution in [0.5, 0.6) is 0 Å². The minimum absolute atomic E-state index is 0.0669. The second-order valence-electron chi connectivity index (χ2n) is 5.63. The van der Waals surface area contributed by atoms with Gasteiger partial charge in [-0.2, -0.15) is 5.10 Å². The van der Waals surface area contributed by atoms with Crippen molar-refractivity contribution in [3.8, 4) is 0 Å². The number of likely N-dealkylation sites (tertiary alicyclic amines) is 1. The van der Waals surface area contributed by atoms with Crippen LogP contribution in [0.25, 0.3) is 0 Å². The molecule has 9 heteroatoms. The van der Waals surface area contributed by atoms with E-state index in [0.29, 0.717) is 26.2 Å². The number of urea groups is 1. The lowest BCUT2D eigenvalue weighted by atomic mass is 10.1. The van der Waals surface area contributed by atoms with Gasteiger partial charge < -0.3 is 9.80 Å². The fourth-order valence-electron chi connectivity index (χ4n) is 2.75. The number of hydrogen-bond acceptors (Lipinski definition) is 5. The van der Waals surface area contributed by atoms with E-state index in [9.17, 15) is 13.2 Å². The van der Waals surface area contributed by atoms with Crippen LogP contribution in [0.1, 0.15) is 17.7 Å². The Bertz CT molecular complexity index is 648. The lowest BCUT2D eigenvalue weighted by Crippen LogP contribution is -2.57. The maximum absolute atomic E-state index is 12.3. The van der Waals surface area contributed by atoms with E-state index in [1.807, 2.05) is 18.5 Å². The number of amides is 2. The van der Waals surface area contributed by atoms with E-state index < -0.39 is 9.84 Å². The first-order chi connectivity index (χ1) is 9.85. The van der Waals surface area contributed by atoms with Crippen molar-refractivity contribution >= 4 is 15.9 Å². The van der Waals surface area contributed by atoms with E-state index in [1.165, 1.54) is 0 Å². The normalized spacial score (nSPS) is 22.2. The van der Waals surface area contributed by atoms with Crippen LogP contribution in [-0.2, 0) is 9.84 Å². The quantitative estimate of drug-likeness (QED) is 0.704. The first-order valence-electron chi connectivity index (χ1n) is 7.00. The van der Waals surface area contributed by atoms with Crippen LogP contribution in [0.3, 0.4) is 0 Å². The summed E-state index contributed by atoms with van der Waals surface area (Å²) in [5.41, 5.74) is 0. The van der Waals surface area contributed by atoms with Gasteiger partial charge >= 0.3 is 6.03 Å². The Kier molecular flexibility index (Phi) is 3.39. The first kappa shape index (κ1) is 14.3. The zero-order valence-electron chi connectivity index (χ0n) is 12.2. The standard InChI is InChI=1S/C12H19N5O3S/c1-9-13-10(2)17(14-9)11-7-16(8-11)12(18)15-3-5-21(19,20)6-4-15/h11H,3-8H2,1-2H3. The summed E-state index contributed by atoms with van der Waals surface area (Å²) in [4.78, 5) is 19.9. The molecular formula is C12H19N5O3S. The highest BCUT2D eigenvalue weighted by Gasteiger charge is 2.37. The predicted molar refractivity (Wildman–Crippen MR) is 75.7 cm³/mol. The SMILES string of the molecule is Cc1nc(C)n(C2CN(C(=O)N3CCS(=O)(=O)CC3)C2)n1. The van der Waals surface area contributed by atoms with Crippen LogP contribution in [0.15, 0.2) is 0 Å². The number of sulfone groups is 1. The molecule has 3 rings (SSSR count). The van der Waals surface area contributed by atoms with Crippen LogP contribution in [0.4, 0.5) is 4.79 Å². The smallest absolute Gasteiger partial charge is 0.320 e. The van der Waals surface area contributed by atoms with Gasteiger partial charge in [-0.3, -0.25) is 0 Å². The van der Waals surface area contributed by atoms with Crippen molar-refractivity contribution in [2.45, 2.75) is 19.9 Å². The van der Waals surface area contributed by atoms with Gasteiger partial charge in [0.05, 0.1) is 17.5 Å². The van der Waals surface area contributed by atoms with Gasteiger partial charge in [0.15, 0.2) is 9.84 Å². The minimum Gasteiger partial charge on any atom is -0.323 e. The maximum Gasteiger partial charge on any atom is 0.320 e. The zero-order valence-corrected chi connectivity index (χ0v) is 13.0. The number of aryl methyl sites for hydroxylation is 2. The van der Waals surface area contributed by atoms with Crippen molar-refractivity contribution in [2.24, 2.45) is 0 Å². The second kappa shape index (κ2) is 4.97. The number of carbonyl (C=O) groups is 1. The molecule has 0 spiro atoms. The summed E-state index contributed by atoms with van der Waals surface area (Å²) >= 11 is 0. The number of carbonyl (C=O) groups excluding carboxylic acids is 1. The third-order valence-electron chi connectivity index (χ3n) is 4.00. The van der Waals surface area contributed by atoms with Crippen LogP contribution < -0.4 is 0 Å². The highest BCUT2D eigenvalue weighted by Crippen LogP contribution is 2.23. The average molecular weight is 313 g/mol. The molecule has 2 aliphatic rings. The third-order valence-corrected chi connectivity index (χ3v) is 5.61. The van der Waals surface area contributed by atoms with Crippen LogP contribution in [0, 0.1) is 13.8 Å². The number of nitrogens with zero attached hydrogens (tertiary/aromatic N) is 5. The fourth-order valence-corrected chi connectivity index (χ4v) is 3.95. The van der Waals surface area contributed by atoms with E-state index in [4.69, 9.17) is 0 Å². The molecule has 0 atom stereocenters. The molecule has 0 N–H and O–H groups in total. The van der Waals surface area contributed by atoms with Crippen LogP contribution in [-0.4, -0.2) is 76.7 Å². The molecule has 0 aromatic carbocycles. The molecular weight excluding hydrogens is 294 g/mol. The molecule has 3 heterocycles. The fraction of sp³-hybridized carbons (Fsp3) is 0.750. The molecule has 0 aliphatic carbocycles. The Balaban J connectivity index is 1.57. The van der Waals surface area contributed by atoms with Crippen molar-refractivity contribution in [1.29, 1.82) is 0 Å². The van der Waals surface area contributed by atoms with Gasteiger partial charge in [0.25, 0.3) is 0 Å². The van der Waals surface area contributed by atoms with Gasteiger partial charge in [-0.15, -0.1) is 0 Å². The number of aromatic nitrogens is 3. The van der Waals surface area contributed by atoms with Crippen molar-refractivity contribution in [1.82, 2.24) is 24.6 Å². The third kappa shape index (κ3) is 2.74. The molecule has 0 unspecified atom stereocenters. The van der Waals surface area contributed by atoms with Gasteiger partial charge in [-0.05, 0) is 13.8 Å². The van der Waals surface area contributed by atoms with Crippen molar-refractivity contribution in [2.75, 3.05) is 37.7 Å². The molecule has 8 nitrogen and oxygen atoms in total. The summed E-state index contributed by atoms with van der Waals surface area (Å²) in [7, 11) is -2.95. The molecule has 21 heavy (non-hydrogen) atoms. The van der Waals surface area contributed by atoms with E-state index in [1.54, 1.807) is 9.80 Å². The Morgan fingerprint density at radius 2 is 1.76 bits per heavy atom. The molecule has 0 radical (unpaired) electrons. The molecule has 116 valence electrons. The summed E-state index contributed by atoms with van der Waals surface area (Å²) in [6.45, 7) is 5.55. The molecule has 2 fully saturated rings. The molecule has 0 saturated carbocycles. The van der Waals surface area contributed by atoms with E-state index in [0.717, 1.165) is 11.6 Å². The molecule has 2 aliphatic heterocycles. The Hall–Kier alpha value is -1.64. The summed E-state index contributed by atoms with van der Waals surface area (Å²) in [6, 6.07) is 0.0966. The Morgan fingerprint density at radius 3 is 2.29 bits per heavy atom. The summed E-state index contributed by atoms with van der Waals surface area (Å²) in [5.74, 6) is 1.72. The minimum atomic E-state index is -2.95. The number of hydrogen-bond donors (Lipinski definition) is 0. The zero-order chi connectivity index (χ0) is 15.2. The number of rotatable bonds is 1. The van der Waals surface area contributed by atoms with Gasteiger partial charge in [0.2, 0.25) is 0 Å². The molecule has 1 aromatic heterocycles. The average Bonchev–Trinajstić information content (AvgIpc) is 2.66. The summed E-state index contributed by atoms with van der Waals surface area (Å²) in [5, 5.41) is 4.33. The van der Waals surface area contributed by atoms with E-state index in [2.05, 4.69) is 10.1 Å². The highest BCUT2D eigenvalue weighted by atomic mass is 32.2. The van der Waals surface area contributed by atoms with Gasteiger partial charge in [0.1, 0.15) is 11.6 Å². The monoisotopic (exact) mass is 313 g/mol. The first-order valence-corrected chi connectivity index (χ1v) is 8.82. The van der Waals surface area contributed by atoms with Crippen LogP contribution >= 0.6 is 0 Å². The second-order valence-corrected chi connectivity index (χ2v) is 7.93. The largest absolute Gasteiger partial charge is 0.323 e. The van der Waals surface area contributed by atoms with E-state index in [-0.39, 0.29) is 23.6 Å². The van der Waals surface area contributed by atoms with Gasteiger partial charge in [-0.1, -0.05) is 0 Å².